The summed E-state index contributed by atoms with van der Waals surface area (Å²) in [6.45, 7) is 0.383. The van der Waals surface area contributed by atoms with Gasteiger partial charge in [-0.2, -0.15) is 0 Å². The van der Waals surface area contributed by atoms with Crippen molar-refractivity contribution in [1.82, 2.24) is 4.90 Å². The van der Waals surface area contributed by atoms with Gasteiger partial charge in [0.1, 0.15) is 0 Å². The molecule has 0 fully saturated rings. The predicted octanol–water partition coefficient (Wildman–Crippen LogP) is 0.679. The summed E-state index contributed by atoms with van der Waals surface area (Å²) in [5.74, 6) is -0.0447. The molecular weight excluding hydrogens is 192 g/mol. The number of nitrogens with one attached hydrogen (secondary N) is 1. The second-order valence-electron chi connectivity index (χ2n) is 3.64. The summed E-state index contributed by atoms with van der Waals surface area (Å²) >= 11 is 0. The molecule has 4 heteroatoms. The van der Waals surface area contributed by atoms with Gasteiger partial charge in [-0.15, -0.1) is 0 Å². The van der Waals surface area contributed by atoms with Gasteiger partial charge in [-0.3, -0.25) is 4.79 Å². The molecule has 2 N–H and O–H groups in total. The van der Waals surface area contributed by atoms with Gasteiger partial charge in [0.2, 0.25) is 5.91 Å². The Balaban J connectivity index is 2.53. The Kier molecular flexibility index (Phi) is 4.27. The van der Waals surface area contributed by atoms with Crippen LogP contribution in [-0.4, -0.2) is 36.6 Å². The smallest absolute Gasteiger partial charge is 0.238 e. The van der Waals surface area contributed by atoms with Crippen LogP contribution >= 0.6 is 0 Å². The van der Waals surface area contributed by atoms with Crippen molar-refractivity contribution in [3.05, 3.63) is 29.8 Å². The van der Waals surface area contributed by atoms with Crippen LogP contribution in [0.5, 0.6) is 0 Å². The van der Waals surface area contributed by atoms with Gasteiger partial charge < -0.3 is 15.3 Å². The fraction of sp³-hybridized carbons (Fsp3) is 0.364. The molecule has 4 nitrogen and oxygen atoms in total. The third kappa shape index (κ3) is 4.10. The van der Waals surface area contributed by atoms with Crippen molar-refractivity contribution in [2.24, 2.45) is 0 Å². The highest BCUT2D eigenvalue weighted by atomic mass is 16.3. The third-order valence-corrected chi connectivity index (χ3v) is 1.88. The van der Waals surface area contributed by atoms with Crippen molar-refractivity contribution < 1.29 is 9.90 Å². The van der Waals surface area contributed by atoms with Gasteiger partial charge in [0.05, 0.1) is 13.2 Å². The van der Waals surface area contributed by atoms with E-state index in [4.69, 9.17) is 5.11 Å². The number of hydrogen-bond acceptors (Lipinski definition) is 3. The van der Waals surface area contributed by atoms with Gasteiger partial charge in [0, 0.05) is 5.69 Å². The maximum atomic E-state index is 11.4. The number of nitrogens with zero attached hydrogens (tertiary/aromatic N) is 1. The Morgan fingerprint density at radius 2 is 1.93 bits per heavy atom. The summed E-state index contributed by atoms with van der Waals surface area (Å²) in [6, 6.07) is 7.12. The molecule has 0 bridgehead atoms. The van der Waals surface area contributed by atoms with E-state index in [1.807, 2.05) is 14.1 Å². The number of anilines is 1. The Bertz CT molecular complexity index is 320. The molecule has 15 heavy (non-hydrogen) atoms. The SMILES string of the molecule is CN(C)CC(=O)Nc1ccc(CO)cc1. The lowest BCUT2D eigenvalue weighted by molar-refractivity contribution is -0.116. The summed E-state index contributed by atoms with van der Waals surface area (Å²) in [6.07, 6.45) is 0. The molecule has 0 aliphatic heterocycles. The van der Waals surface area contributed by atoms with E-state index in [2.05, 4.69) is 5.32 Å². The van der Waals surface area contributed by atoms with Gasteiger partial charge in [-0.05, 0) is 31.8 Å². The van der Waals surface area contributed by atoms with Crippen molar-refractivity contribution in [2.75, 3.05) is 26.0 Å². The largest absolute Gasteiger partial charge is 0.392 e. The minimum atomic E-state index is -0.0447. The summed E-state index contributed by atoms with van der Waals surface area (Å²) in [5, 5.41) is 11.6. The molecule has 0 unspecified atom stereocenters. The maximum Gasteiger partial charge on any atom is 0.238 e. The molecule has 0 spiro atoms. The van der Waals surface area contributed by atoms with E-state index in [-0.39, 0.29) is 12.5 Å². The lowest BCUT2D eigenvalue weighted by Gasteiger charge is -2.10. The number of carbonyl (C=O) groups is 1. The molecule has 1 aromatic rings. The van der Waals surface area contributed by atoms with E-state index < -0.39 is 0 Å². The topological polar surface area (TPSA) is 52.6 Å². The Hall–Kier alpha value is -1.39. The number of hydrogen-bond donors (Lipinski definition) is 2. The second-order valence-corrected chi connectivity index (χ2v) is 3.64. The molecule has 1 amide bonds. The van der Waals surface area contributed by atoms with Crippen LogP contribution in [0.4, 0.5) is 5.69 Å². The summed E-state index contributed by atoms with van der Waals surface area (Å²) in [4.78, 5) is 13.2. The average Bonchev–Trinajstić information content (AvgIpc) is 2.17. The van der Waals surface area contributed by atoms with Crippen molar-refractivity contribution in [3.8, 4) is 0 Å². The molecule has 0 aliphatic rings. The number of amides is 1. The van der Waals surface area contributed by atoms with Crippen LogP contribution < -0.4 is 5.32 Å². The van der Waals surface area contributed by atoms with Crippen molar-refractivity contribution in [2.45, 2.75) is 6.61 Å². The zero-order valence-corrected chi connectivity index (χ0v) is 9.03. The zero-order chi connectivity index (χ0) is 11.3. The van der Waals surface area contributed by atoms with Crippen LogP contribution in [0.15, 0.2) is 24.3 Å². The maximum absolute atomic E-state index is 11.4. The number of likely N-dealkylation sites (N-methyl/N-ethyl adjacent to an activating group) is 1. The number of aliphatic hydroxyl groups is 1. The summed E-state index contributed by atoms with van der Waals surface area (Å²) in [5.41, 5.74) is 1.58. The standard InChI is InChI=1S/C11H16N2O2/c1-13(2)7-11(15)12-10-5-3-9(8-14)4-6-10/h3-6,14H,7-8H2,1-2H3,(H,12,15). The Morgan fingerprint density at radius 1 is 1.33 bits per heavy atom. The number of carbonyl (C=O) groups excluding carboxylic acids is 1. The number of rotatable bonds is 4. The first-order valence-electron chi connectivity index (χ1n) is 4.76. The highest BCUT2D eigenvalue weighted by Gasteiger charge is 2.02. The molecule has 1 aromatic carbocycles. The van der Waals surface area contributed by atoms with Crippen LogP contribution in [0.2, 0.25) is 0 Å². The van der Waals surface area contributed by atoms with Crippen LogP contribution in [0.3, 0.4) is 0 Å². The number of aliphatic hydroxyl groups excluding tert-OH is 1. The Morgan fingerprint density at radius 3 is 2.40 bits per heavy atom. The minimum absolute atomic E-state index is 0.0198. The van der Waals surface area contributed by atoms with Crippen LogP contribution in [0.1, 0.15) is 5.56 Å². The first-order valence-corrected chi connectivity index (χ1v) is 4.76. The van der Waals surface area contributed by atoms with Gasteiger partial charge in [-0.1, -0.05) is 12.1 Å². The first kappa shape index (κ1) is 11.7. The van der Waals surface area contributed by atoms with E-state index in [9.17, 15) is 4.79 Å². The molecule has 0 atom stereocenters. The number of benzene rings is 1. The minimum Gasteiger partial charge on any atom is -0.392 e. The fourth-order valence-electron chi connectivity index (χ4n) is 1.18. The van der Waals surface area contributed by atoms with E-state index in [0.717, 1.165) is 11.3 Å². The first-order chi connectivity index (χ1) is 7.11. The molecule has 0 saturated heterocycles. The lowest BCUT2D eigenvalue weighted by Crippen LogP contribution is -2.27. The third-order valence-electron chi connectivity index (χ3n) is 1.88. The van der Waals surface area contributed by atoms with E-state index in [1.54, 1.807) is 29.2 Å². The van der Waals surface area contributed by atoms with E-state index in [1.165, 1.54) is 0 Å². The van der Waals surface area contributed by atoms with Crippen molar-refractivity contribution >= 4 is 11.6 Å². The molecule has 0 aromatic heterocycles. The average molecular weight is 208 g/mol. The molecule has 0 heterocycles. The van der Waals surface area contributed by atoms with Gasteiger partial charge in [-0.25, -0.2) is 0 Å². The van der Waals surface area contributed by atoms with Gasteiger partial charge in [0.15, 0.2) is 0 Å². The normalized spacial score (nSPS) is 10.4. The second kappa shape index (κ2) is 5.48. The highest BCUT2D eigenvalue weighted by Crippen LogP contribution is 2.09. The summed E-state index contributed by atoms with van der Waals surface area (Å²) < 4.78 is 0. The molecular formula is C11H16N2O2. The van der Waals surface area contributed by atoms with Crippen molar-refractivity contribution in [3.63, 3.8) is 0 Å². The molecule has 1 rings (SSSR count). The van der Waals surface area contributed by atoms with E-state index >= 15 is 0 Å². The van der Waals surface area contributed by atoms with Gasteiger partial charge in [0.25, 0.3) is 0 Å². The van der Waals surface area contributed by atoms with Crippen LogP contribution in [-0.2, 0) is 11.4 Å². The zero-order valence-electron chi connectivity index (χ0n) is 9.03. The molecule has 0 saturated carbocycles. The molecule has 0 aliphatic carbocycles. The molecule has 0 radical (unpaired) electrons. The Labute approximate surface area is 89.5 Å². The molecule has 82 valence electrons. The van der Waals surface area contributed by atoms with Gasteiger partial charge >= 0.3 is 0 Å². The van der Waals surface area contributed by atoms with Crippen molar-refractivity contribution in [1.29, 1.82) is 0 Å². The van der Waals surface area contributed by atoms with Crippen LogP contribution in [0, 0.1) is 0 Å². The quantitative estimate of drug-likeness (QED) is 0.765. The van der Waals surface area contributed by atoms with Crippen LogP contribution in [0.25, 0.3) is 0 Å². The lowest BCUT2D eigenvalue weighted by atomic mass is 10.2. The fourth-order valence-corrected chi connectivity index (χ4v) is 1.18. The highest BCUT2D eigenvalue weighted by molar-refractivity contribution is 5.92. The van der Waals surface area contributed by atoms with E-state index in [0.29, 0.717) is 6.54 Å². The predicted molar refractivity (Wildman–Crippen MR) is 59.5 cm³/mol. The monoisotopic (exact) mass is 208 g/mol. The summed E-state index contributed by atoms with van der Waals surface area (Å²) in [7, 11) is 3.68.